The first kappa shape index (κ1) is 17.8. The van der Waals surface area contributed by atoms with Crippen molar-refractivity contribution in [2.24, 2.45) is 0 Å². The minimum absolute atomic E-state index is 0.736. The van der Waals surface area contributed by atoms with Gasteiger partial charge in [-0.3, -0.25) is 0 Å². The lowest BCUT2D eigenvalue weighted by Gasteiger charge is -2.13. The average Bonchev–Trinajstić information content (AvgIpc) is 2.99. The Balaban J connectivity index is 1.90. The molecular weight excluding hydrogens is 445 g/mol. The molecule has 3 rings (SSSR count). The lowest BCUT2D eigenvalue weighted by atomic mass is 10.2. The van der Waals surface area contributed by atoms with Gasteiger partial charge < -0.3 is 4.42 Å². The summed E-state index contributed by atoms with van der Waals surface area (Å²) < 4.78 is 7.44. The standard InChI is InChI=1S/C19H20INOSSi/c1-24(2,3)19-18(23-13-14-7-5-4-6-8-14)21-17(22-19)15-9-11-16(20)12-10-15/h4-12H,13H2,1-3H3. The molecule has 0 amide bonds. The quantitative estimate of drug-likeness (QED) is 0.271. The molecule has 24 heavy (non-hydrogen) atoms. The van der Waals surface area contributed by atoms with Crippen LogP contribution in [0.25, 0.3) is 11.5 Å². The maximum atomic E-state index is 6.22. The van der Waals surface area contributed by atoms with Gasteiger partial charge in [0.1, 0.15) is 18.5 Å². The summed E-state index contributed by atoms with van der Waals surface area (Å²) >= 11 is 4.09. The molecule has 3 aromatic rings. The van der Waals surface area contributed by atoms with Gasteiger partial charge in [0.15, 0.2) is 0 Å². The molecule has 0 aliphatic carbocycles. The SMILES string of the molecule is C[Si](C)(C)c1oc(-c2ccc(I)cc2)nc1SCc1ccccc1. The molecular formula is C19H20INOSSi. The van der Waals surface area contributed by atoms with Crippen LogP contribution in [0.2, 0.25) is 19.6 Å². The van der Waals surface area contributed by atoms with Crippen LogP contribution in [0, 0.1) is 3.57 Å². The highest BCUT2D eigenvalue weighted by Crippen LogP contribution is 2.27. The lowest BCUT2D eigenvalue weighted by Crippen LogP contribution is -2.37. The minimum Gasteiger partial charge on any atom is -0.445 e. The molecule has 0 atom stereocenters. The summed E-state index contributed by atoms with van der Waals surface area (Å²) in [6, 6.07) is 18.8. The fraction of sp³-hybridized carbons (Fsp3) is 0.211. The summed E-state index contributed by atoms with van der Waals surface area (Å²) in [5.74, 6) is 1.65. The predicted molar refractivity (Wildman–Crippen MR) is 114 cm³/mol. The van der Waals surface area contributed by atoms with E-state index in [4.69, 9.17) is 9.40 Å². The van der Waals surface area contributed by atoms with E-state index in [1.165, 1.54) is 9.13 Å². The second-order valence-corrected chi connectivity index (χ2v) is 13.8. The van der Waals surface area contributed by atoms with Crippen LogP contribution in [0.5, 0.6) is 0 Å². The maximum absolute atomic E-state index is 6.22. The monoisotopic (exact) mass is 465 g/mol. The highest BCUT2D eigenvalue weighted by Gasteiger charge is 2.28. The first-order valence-electron chi connectivity index (χ1n) is 7.87. The van der Waals surface area contributed by atoms with E-state index < -0.39 is 8.07 Å². The zero-order chi connectivity index (χ0) is 17.2. The van der Waals surface area contributed by atoms with E-state index in [9.17, 15) is 0 Å². The van der Waals surface area contributed by atoms with E-state index in [2.05, 4.69) is 90.8 Å². The van der Waals surface area contributed by atoms with Crippen molar-refractivity contribution in [1.29, 1.82) is 0 Å². The van der Waals surface area contributed by atoms with Crippen molar-refractivity contribution in [2.45, 2.75) is 30.4 Å². The molecule has 0 fully saturated rings. The number of rotatable bonds is 5. The number of aromatic nitrogens is 1. The van der Waals surface area contributed by atoms with Crippen molar-refractivity contribution in [3.63, 3.8) is 0 Å². The number of halogens is 1. The van der Waals surface area contributed by atoms with Crippen LogP contribution in [0.1, 0.15) is 5.56 Å². The number of thioether (sulfide) groups is 1. The summed E-state index contributed by atoms with van der Waals surface area (Å²) in [4.78, 5) is 4.82. The third-order valence-corrected chi connectivity index (χ3v) is 7.22. The normalized spacial score (nSPS) is 11.7. The predicted octanol–water partition coefficient (Wildman–Crippen LogP) is 5.78. The third-order valence-electron chi connectivity index (χ3n) is 3.59. The number of oxazole rings is 1. The highest BCUT2D eigenvalue weighted by atomic mass is 127. The highest BCUT2D eigenvalue weighted by molar-refractivity contribution is 14.1. The van der Waals surface area contributed by atoms with Gasteiger partial charge in [0.2, 0.25) is 5.89 Å². The number of nitrogens with zero attached hydrogens (tertiary/aromatic N) is 1. The molecule has 0 saturated carbocycles. The van der Waals surface area contributed by atoms with Crippen LogP contribution in [0.15, 0.2) is 64.0 Å². The molecule has 1 aromatic heterocycles. The smallest absolute Gasteiger partial charge is 0.226 e. The molecule has 0 bridgehead atoms. The van der Waals surface area contributed by atoms with E-state index in [0.29, 0.717) is 0 Å². The van der Waals surface area contributed by atoms with Crippen molar-refractivity contribution in [2.75, 3.05) is 0 Å². The zero-order valence-electron chi connectivity index (χ0n) is 14.0. The summed E-state index contributed by atoms with van der Waals surface area (Å²) in [5, 5.41) is 2.14. The van der Waals surface area contributed by atoms with Gasteiger partial charge in [0.25, 0.3) is 0 Å². The van der Waals surface area contributed by atoms with Gasteiger partial charge in [-0.2, -0.15) is 0 Å². The lowest BCUT2D eigenvalue weighted by molar-refractivity contribution is 0.601. The van der Waals surface area contributed by atoms with Crippen LogP contribution < -0.4 is 5.38 Å². The molecule has 2 nitrogen and oxygen atoms in total. The molecule has 124 valence electrons. The largest absolute Gasteiger partial charge is 0.445 e. The second-order valence-electron chi connectivity index (χ2n) is 6.68. The Morgan fingerprint density at radius 3 is 2.29 bits per heavy atom. The second kappa shape index (κ2) is 7.45. The van der Waals surface area contributed by atoms with Crippen LogP contribution in [0.3, 0.4) is 0 Å². The third kappa shape index (κ3) is 4.32. The van der Waals surface area contributed by atoms with Gasteiger partial charge in [0, 0.05) is 14.9 Å². The summed E-state index contributed by atoms with van der Waals surface area (Å²) in [6.07, 6.45) is 0. The van der Waals surface area contributed by atoms with Crippen molar-refractivity contribution in [3.05, 3.63) is 63.7 Å². The Morgan fingerprint density at radius 2 is 1.67 bits per heavy atom. The maximum Gasteiger partial charge on any atom is 0.226 e. The van der Waals surface area contributed by atoms with E-state index in [1.54, 1.807) is 11.8 Å². The van der Waals surface area contributed by atoms with Crippen molar-refractivity contribution in [3.8, 4) is 11.5 Å². The number of hydrogen-bond donors (Lipinski definition) is 0. The Bertz CT molecular complexity index is 810. The summed E-state index contributed by atoms with van der Waals surface area (Å²) in [7, 11) is -1.59. The number of benzene rings is 2. The van der Waals surface area contributed by atoms with E-state index >= 15 is 0 Å². The Kier molecular flexibility index (Phi) is 5.51. The van der Waals surface area contributed by atoms with E-state index in [1.807, 2.05) is 6.07 Å². The van der Waals surface area contributed by atoms with Gasteiger partial charge in [-0.1, -0.05) is 61.7 Å². The Labute approximate surface area is 162 Å². The van der Waals surface area contributed by atoms with Gasteiger partial charge in [0.05, 0.1) is 0 Å². The Hall–Kier alpha value is -1.05. The van der Waals surface area contributed by atoms with E-state index in [-0.39, 0.29) is 0 Å². The molecule has 2 aromatic carbocycles. The van der Waals surface area contributed by atoms with Crippen LogP contribution in [-0.4, -0.2) is 13.1 Å². The molecule has 0 N–H and O–H groups in total. The Morgan fingerprint density at radius 1 is 1.00 bits per heavy atom. The van der Waals surface area contributed by atoms with Crippen molar-refractivity contribution >= 4 is 47.8 Å². The topological polar surface area (TPSA) is 26.0 Å². The van der Waals surface area contributed by atoms with Crippen molar-refractivity contribution < 1.29 is 4.42 Å². The van der Waals surface area contributed by atoms with Crippen molar-refractivity contribution in [1.82, 2.24) is 4.98 Å². The molecule has 0 saturated heterocycles. The van der Waals surface area contributed by atoms with Crippen LogP contribution >= 0.6 is 34.4 Å². The number of hydrogen-bond acceptors (Lipinski definition) is 3. The van der Waals surface area contributed by atoms with Gasteiger partial charge in [-0.15, -0.1) is 0 Å². The average molecular weight is 465 g/mol. The fourth-order valence-electron chi connectivity index (χ4n) is 2.32. The summed E-state index contributed by atoms with van der Waals surface area (Å²) in [5.41, 5.74) is 2.35. The van der Waals surface area contributed by atoms with Gasteiger partial charge >= 0.3 is 0 Å². The summed E-state index contributed by atoms with van der Waals surface area (Å²) in [6.45, 7) is 6.91. The van der Waals surface area contributed by atoms with Gasteiger partial charge in [-0.05, 0) is 52.4 Å². The van der Waals surface area contributed by atoms with E-state index in [0.717, 1.165) is 27.6 Å². The first-order chi connectivity index (χ1) is 11.4. The molecule has 0 unspecified atom stereocenters. The molecule has 0 spiro atoms. The minimum atomic E-state index is -1.59. The molecule has 0 aliphatic rings. The van der Waals surface area contributed by atoms with Crippen LogP contribution in [-0.2, 0) is 5.75 Å². The molecule has 5 heteroatoms. The molecule has 0 radical (unpaired) electrons. The molecule has 0 aliphatic heterocycles. The fourth-order valence-corrected chi connectivity index (χ4v) is 5.73. The zero-order valence-corrected chi connectivity index (χ0v) is 18.0. The first-order valence-corrected chi connectivity index (χ1v) is 13.4. The van der Waals surface area contributed by atoms with Gasteiger partial charge in [-0.25, -0.2) is 4.98 Å². The molecule has 1 heterocycles. The van der Waals surface area contributed by atoms with Crippen LogP contribution in [0.4, 0.5) is 0 Å².